The first-order chi connectivity index (χ1) is 10.8. The highest BCUT2D eigenvalue weighted by Gasteiger charge is 2.28. The molecule has 0 aliphatic rings. The summed E-state index contributed by atoms with van der Waals surface area (Å²) >= 11 is 0. The van der Waals surface area contributed by atoms with Crippen LogP contribution >= 0.6 is 0 Å². The normalized spacial score (nSPS) is 12.7. The first-order valence-corrected chi connectivity index (χ1v) is 9.00. The van der Waals surface area contributed by atoms with Crippen LogP contribution in [0.2, 0.25) is 0 Å². The second kappa shape index (κ2) is 6.87. The molecule has 1 N–H and O–H groups in total. The maximum atomic E-state index is 12.3. The average molecular weight is 336 g/mol. The Balaban J connectivity index is 2.18. The average Bonchev–Trinajstić information content (AvgIpc) is 2.99. The van der Waals surface area contributed by atoms with Crippen molar-refractivity contribution in [3.8, 4) is 0 Å². The van der Waals surface area contributed by atoms with E-state index < -0.39 is 22.0 Å². The zero-order chi connectivity index (χ0) is 17.0. The van der Waals surface area contributed by atoms with E-state index in [9.17, 15) is 13.2 Å². The van der Waals surface area contributed by atoms with Gasteiger partial charge in [0.1, 0.15) is 11.8 Å². The number of aryl methyl sites for hydroxylation is 1. The summed E-state index contributed by atoms with van der Waals surface area (Å²) in [6.45, 7) is 3.67. The van der Waals surface area contributed by atoms with Crippen LogP contribution in [-0.4, -0.2) is 26.6 Å². The molecule has 1 aromatic carbocycles. The molecular formula is C16H20N2O4S. The molecule has 0 fully saturated rings. The fourth-order valence-electron chi connectivity index (χ4n) is 2.24. The summed E-state index contributed by atoms with van der Waals surface area (Å²) in [4.78, 5) is 12.3. The fraction of sp³-hybridized carbons (Fsp3) is 0.312. The standard InChI is InChI=1S/C16H20N2O4S/c1-12-6-8-14(9-7-12)18(23(3,20)21)13(2)16(19)17-11-15-5-4-10-22-15/h4-10,13H,11H2,1-3H3,(H,17,19)/t13-/m1/s1. The third-order valence-corrected chi connectivity index (χ3v) is 4.64. The Labute approximate surface area is 136 Å². The Morgan fingerprint density at radius 3 is 2.43 bits per heavy atom. The van der Waals surface area contributed by atoms with E-state index in [0.717, 1.165) is 16.1 Å². The van der Waals surface area contributed by atoms with Gasteiger partial charge in [0.2, 0.25) is 15.9 Å². The lowest BCUT2D eigenvalue weighted by molar-refractivity contribution is -0.122. The number of furan rings is 1. The van der Waals surface area contributed by atoms with E-state index in [-0.39, 0.29) is 6.54 Å². The first-order valence-electron chi connectivity index (χ1n) is 7.15. The molecule has 0 saturated carbocycles. The van der Waals surface area contributed by atoms with Gasteiger partial charge in [0.15, 0.2) is 0 Å². The molecule has 1 atom stereocenters. The van der Waals surface area contributed by atoms with Crippen molar-refractivity contribution in [3.05, 3.63) is 54.0 Å². The molecule has 23 heavy (non-hydrogen) atoms. The van der Waals surface area contributed by atoms with Gasteiger partial charge in [-0.25, -0.2) is 8.42 Å². The van der Waals surface area contributed by atoms with Crippen molar-refractivity contribution >= 4 is 21.6 Å². The SMILES string of the molecule is Cc1ccc(N([C@H](C)C(=O)NCc2ccco2)S(C)(=O)=O)cc1. The lowest BCUT2D eigenvalue weighted by atomic mass is 10.2. The molecule has 0 aliphatic carbocycles. The molecule has 0 radical (unpaired) electrons. The van der Waals surface area contributed by atoms with Crippen LogP contribution in [0.25, 0.3) is 0 Å². The molecule has 0 aliphatic heterocycles. The van der Waals surface area contributed by atoms with Gasteiger partial charge in [-0.3, -0.25) is 9.10 Å². The maximum absolute atomic E-state index is 12.3. The second-order valence-electron chi connectivity index (χ2n) is 5.37. The molecule has 0 bridgehead atoms. The second-order valence-corrected chi connectivity index (χ2v) is 7.23. The Morgan fingerprint density at radius 2 is 1.91 bits per heavy atom. The van der Waals surface area contributed by atoms with Crippen LogP contribution in [-0.2, 0) is 21.4 Å². The predicted molar refractivity (Wildman–Crippen MR) is 88.5 cm³/mol. The number of amides is 1. The van der Waals surface area contributed by atoms with Gasteiger partial charge in [0, 0.05) is 0 Å². The van der Waals surface area contributed by atoms with Gasteiger partial charge in [0.05, 0.1) is 24.8 Å². The van der Waals surface area contributed by atoms with Gasteiger partial charge in [-0.15, -0.1) is 0 Å². The number of carbonyl (C=O) groups excluding carboxylic acids is 1. The van der Waals surface area contributed by atoms with E-state index in [2.05, 4.69) is 5.32 Å². The minimum atomic E-state index is -3.60. The number of hydrogen-bond donors (Lipinski definition) is 1. The summed E-state index contributed by atoms with van der Waals surface area (Å²) in [5.74, 6) is 0.208. The van der Waals surface area contributed by atoms with Crippen LogP contribution in [0.4, 0.5) is 5.69 Å². The number of nitrogens with zero attached hydrogens (tertiary/aromatic N) is 1. The van der Waals surface area contributed by atoms with E-state index in [4.69, 9.17) is 4.42 Å². The quantitative estimate of drug-likeness (QED) is 0.876. The number of rotatable bonds is 6. The smallest absolute Gasteiger partial charge is 0.243 e. The van der Waals surface area contributed by atoms with Gasteiger partial charge in [-0.05, 0) is 38.1 Å². The van der Waals surface area contributed by atoms with E-state index in [1.807, 2.05) is 6.92 Å². The molecular weight excluding hydrogens is 316 g/mol. The van der Waals surface area contributed by atoms with E-state index in [0.29, 0.717) is 11.4 Å². The van der Waals surface area contributed by atoms with E-state index in [1.54, 1.807) is 43.3 Å². The third-order valence-electron chi connectivity index (χ3n) is 3.39. The zero-order valence-corrected chi connectivity index (χ0v) is 14.1. The van der Waals surface area contributed by atoms with Crippen molar-refractivity contribution in [3.63, 3.8) is 0 Å². The minimum absolute atomic E-state index is 0.210. The largest absolute Gasteiger partial charge is 0.467 e. The van der Waals surface area contributed by atoms with Crippen LogP contribution in [0.5, 0.6) is 0 Å². The maximum Gasteiger partial charge on any atom is 0.243 e. The van der Waals surface area contributed by atoms with Crippen molar-refractivity contribution in [1.82, 2.24) is 5.32 Å². The fourth-order valence-corrected chi connectivity index (χ4v) is 3.41. The van der Waals surface area contributed by atoms with Crippen molar-refractivity contribution < 1.29 is 17.6 Å². The topological polar surface area (TPSA) is 79.6 Å². The molecule has 2 aromatic rings. The molecule has 0 unspecified atom stereocenters. The zero-order valence-electron chi connectivity index (χ0n) is 13.3. The van der Waals surface area contributed by atoms with Crippen LogP contribution in [0.1, 0.15) is 18.2 Å². The number of anilines is 1. The number of nitrogens with one attached hydrogen (secondary N) is 1. The van der Waals surface area contributed by atoms with Crippen molar-refractivity contribution in [2.45, 2.75) is 26.4 Å². The summed E-state index contributed by atoms with van der Waals surface area (Å²) in [6, 6.07) is 9.57. The number of sulfonamides is 1. The molecule has 1 heterocycles. The third kappa shape index (κ3) is 4.35. The highest BCUT2D eigenvalue weighted by atomic mass is 32.2. The molecule has 0 saturated heterocycles. The van der Waals surface area contributed by atoms with Crippen molar-refractivity contribution in [2.24, 2.45) is 0 Å². The first kappa shape index (κ1) is 17.1. The minimum Gasteiger partial charge on any atom is -0.467 e. The molecule has 124 valence electrons. The van der Waals surface area contributed by atoms with Crippen LogP contribution in [0, 0.1) is 6.92 Å². The van der Waals surface area contributed by atoms with Gasteiger partial charge in [-0.2, -0.15) is 0 Å². The van der Waals surface area contributed by atoms with Crippen LogP contribution < -0.4 is 9.62 Å². The van der Waals surface area contributed by atoms with Crippen molar-refractivity contribution in [1.29, 1.82) is 0 Å². The molecule has 1 amide bonds. The van der Waals surface area contributed by atoms with Crippen molar-refractivity contribution in [2.75, 3.05) is 10.6 Å². The predicted octanol–water partition coefficient (Wildman–Crippen LogP) is 2.06. The summed E-state index contributed by atoms with van der Waals surface area (Å²) in [7, 11) is -3.60. The lowest BCUT2D eigenvalue weighted by Crippen LogP contribution is -2.47. The molecule has 1 aromatic heterocycles. The Kier molecular flexibility index (Phi) is 5.10. The summed E-state index contributed by atoms with van der Waals surface area (Å²) in [6.07, 6.45) is 2.60. The van der Waals surface area contributed by atoms with Crippen LogP contribution in [0.3, 0.4) is 0 Å². The number of benzene rings is 1. The van der Waals surface area contributed by atoms with E-state index in [1.165, 1.54) is 6.26 Å². The Hall–Kier alpha value is -2.28. The highest BCUT2D eigenvalue weighted by Crippen LogP contribution is 2.21. The summed E-state index contributed by atoms with van der Waals surface area (Å²) in [5.41, 5.74) is 1.47. The highest BCUT2D eigenvalue weighted by molar-refractivity contribution is 7.92. The monoisotopic (exact) mass is 336 g/mol. The molecule has 6 nitrogen and oxygen atoms in total. The Bertz CT molecular complexity index is 752. The summed E-state index contributed by atoms with van der Waals surface area (Å²) < 4.78 is 30.5. The van der Waals surface area contributed by atoms with E-state index >= 15 is 0 Å². The van der Waals surface area contributed by atoms with Gasteiger partial charge in [0.25, 0.3) is 0 Å². The summed E-state index contributed by atoms with van der Waals surface area (Å²) in [5, 5.41) is 2.68. The lowest BCUT2D eigenvalue weighted by Gasteiger charge is -2.28. The number of hydrogen-bond acceptors (Lipinski definition) is 4. The van der Waals surface area contributed by atoms with Gasteiger partial charge < -0.3 is 9.73 Å². The Morgan fingerprint density at radius 1 is 1.26 bits per heavy atom. The number of carbonyl (C=O) groups is 1. The molecule has 0 spiro atoms. The van der Waals surface area contributed by atoms with Gasteiger partial charge >= 0.3 is 0 Å². The molecule has 2 rings (SSSR count). The van der Waals surface area contributed by atoms with Gasteiger partial charge in [-0.1, -0.05) is 17.7 Å². The van der Waals surface area contributed by atoms with Crippen LogP contribution in [0.15, 0.2) is 47.1 Å². The molecule has 7 heteroatoms.